The van der Waals surface area contributed by atoms with E-state index in [4.69, 9.17) is 10.4 Å². The summed E-state index contributed by atoms with van der Waals surface area (Å²) in [6, 6.07) is 7.92. The minimum absolute atomic E-state index is 0.473. The number of likely N-dealkylation sites (tertiary alicyclic amines) is 1. The maximum atomic E-state index is 10.5. The van der Waals surface area contributed by atoms with E-state index in [-0.39, 0.29) is 0 Å². The van der Waals surface area contributed by atoms with Gasteiger partial charge in [0.1, 0.15) is 0 Å². The lowest BCUT2D eigenvalue weighted by Crippen LogP contribution is -2.33. The third kappa shape index (κ3) is 3.63. The van der Waals surface area contributed by atoms with Gasteiger partial charge >= 0.3 is 6.09 Å². The number of H-pyrrole nitrogens is 1. The van der Waals surface area contributed by atoms with Gasteiger partial charge in [0.2, 0.25) is 0 Å². The fourth-order valence-electron chi connectivity index (χ4n) is 3.33. The molecule has 1 aliphatic rings. The van der Waals surface area contributed by atoms with Crippen LogP contribution in [0, 0.1) is 17.2 Å². The number of benzene rings is 1. The Hall–Kier alpha value is -2.52. The van der Waals surface area contributed by atoms with Crippen molar-refractivity contribution < 1.29 is 9.90 Å². The summed E-state index contributed by atoms with van der Waals surface area (Å²) in [6.07, 6.45) is 3.18. The average Bonchev–Trinajstić information content (AvgIpc) is 3.14. The predicted octanol–water partition coefficient (Wildman–Crippen LogP) is 2.17. The molecule has 1 aromatic carbocycles. The summed E-state index contributed by atoms with van der Waals surface area (Å²) in [5, 5.41) is 21.2. The molecule has 3 N–H and O–H groups in total. The van der Waals surface area contributed by atoms with Crippen LogP contribution in [-0.4, -0.2) is 47.3 Å². The number of aromatic nitrogens is 1. The Balaban J connectivity index is 1.60. The molecule has 1 saturated heterocycles. The SMILES string of the molecule is N#Cc1ccc2[nH]cc(CC3CCN(CCNC(=O)O)C3)c2c1. The first-order valence-corrected chi connectivity index (χ1v) is 7.85. The van der Waals surface area contributed by atoms with Crippen LogP contribution in [0.3, 0.4) is 0 Å². The molecule has 0 bridgehead atoms. The first kappa shape index (κ1) is 15.4. The molecule has 1 fully saturated rings. The van der Waals surface area contributed by atoms with Crippen molar-refractivity contribution in [3.05, 3.63) is 35.5 Å². The molecule has 0 spiro atoms. The molecule has 2 heterocycles. The Morgan fingerprint density at radius 2 is 2.39 bits per heavy atom. The zero-order chi connectivity index (χ0) is 16.2. The quantitative estimate of drug-likeness (QED) is 0.789. The number of hydrogen-bond donors (Lipinski definition) is 3. The third-order valence-corrected chi connectivity index (χ3v) is 4.48. The van der Waals surface area contributed by atoms with Crippen molar-refractivity contribution in [1.82, 2.24) is 15.2 Å². The number of carboxylic acid groups (broad SMARTS) is 1. The second kappa shape index (κ2) is 6.71. The maximum absolute atomic E-state index is 10.5. The molecule has 1 atom stereocenters. The standard InChI is InChI=1S/C17H20N4O2/c18-9-12-1-2-16-15(8-12)14(10-20-16)7-13-3-5-21(11-13)6-4-19-17(22)23/h1-2,8,10,13,19-20H,3-7,11H2,(H,22,23). The first-order valence-electron chi connectivity index (χ1n) is 7.85. The first-order chi connectivity index (χ1) is 11.2. The molecular formula is C17H20N4O2. The largest absolute Gasteiger partial charge is 0.465 e. The van der Waals surface area contributed by atoms with Gasteiger partial charge in [0.05, 0.1) is 11.6 Å². The number of rotatable bonds is 5. The molecule has 2 aromatic rings. The van der Waals surface area contributed by atoms with Gasteiger partial charge in [-0.05, 0) is 49.1 Å². The van der Waals surface area contributed by atoms with Gasteiger partial charge in [0.25, 0.3) is 0 Å². The lowest BCUT2D eigenvalue weighted by Gasteiger charge is -2.15. The van der Waals surface area contributed by atoms with E-state index < -0.39 is 6.09 Å². The number of nitrogens with one attached hydrogen (secondary N) is 2. The molecule has 1 amide bonds. The van der Waals surface area contributed by atoms with Crippen LogP contribution in [0.2, 0.25) is 0 Å². The van der Waals surface area contributed by atoms with Crippen molar-refractivity contribution in [2.75, 3.05) is 26.2 Å². The molecular weight excluding hydrogens is 292 g/mol. The highest BCUT2D eigenvalue weighted by molar-refractivity contribution is 5.84. The molecule has 1 unspecified atom stereocenters. The van der Waals surface area contributed by atoms with E-state index >= 15 is 0 Å². The molecule has 23 heavy (non-hydrogen) atoms. The third-order valence-electron chi connectivity index (χ3n) is 4.48. The number of nitrogens with zero attached hydrogens (tertiary/aromatic N) is 2. The molecule has 3 rings (SSSR count). The fourth-order valence-corrected chi connectivity index (χ4v) is 3.33. The lowest BCUT2D eigenvalue weighted by atomic mass is 9.98. The van der Waals surface area contributed by atoms with E-state index in [0.717, 1.165) is 43.4 Å². The Kier molecular flexibility index (Phi) is 4.49. The van der Waals surface area contributed by atoms with E-state index in [1.807, 2.05) is 24.4 Å². The van der Waals surface area contributed by atoms with Crippen molar-refractivity contribution in [3.63, 3.8) is 0 Å². The summed E-state index contributed by atoms with van der Waals surface area (Å²) >= 11 is 0. The van der Waals surface area contributed by atoms with Gasteiger partial charge in [-0.15, -0.1) is 0 Å². The van der Waals surface area contributed by atoms with E-state index in [9.17, 15) is 4.79 Å². The van der Waals surface area contributed by atoms with Crippen molar-refractivity contribution in [3.8, 4) is 6.07 Å². The fraction of sp³-hybridized carbons (Fsp3) is 0.412. The van der Waals surface area contributed by atoms with Crippen LogP contribution in [0.25, 0.3) is 10.9 Å². The highest BCUT2D eigenvalue weighted by atomic mass is 16.4. The number of aromatic amines is 1. The van der Waals surface area contributed by atoms with E-state index in [1.165, 1.54) is 5.56 Å². The minimum Gasteiger partial charge on any atom is -0.465 e. The van der Waals surface area contributed by atoms with Gasteiger partial charge in [0.15, 0.2) is 0 Å². The van der Waals surface area contributed by atoms with Crippen LogP contribution >= 0.6 is 0 Å². The summed E-state index contributed by atoms with van der Waals surface area (Å²) in [5.74, 6) is 0.574. The zero-order valence-corrected chi connectivity index (χ0v) is 12.9. The molecule has 0 aliphatic carbocycles. The smallest absolute Gasteiger partial charge is 0.404 e. The second-order valence-corrected chi connectivity index (χ2v) is 6.08. The Morgan fingerprint density at radius 3 is 3.17 bits per heavy atom. The summed E-state index contributed by atoms with van der Waals surface area (Å²) < 4.78 is 0. The monoisotopic (exact) mass is 312 g/mol. The lowest BCUT2D eigenvalue weighted by molar-refractivity contribution is 0.192. The van der Waals surface area contributed by atoms with Crippen molar-refractivity contribution in [1.29, 1.82) is 5.26 Å². The number of carbonyl (C=O) groups is 1. The van der Waals surface area contributed by atoms with Crippen LogP contribution < -0.4 is 5.32 Å². The average molecular weight is 312 g/mol. The maximum Gasteiger partial charge on any atom is 0.404 e. The molecule has 6 nitrogen and oxygen atoms in total. The number of fused-ring (bicyclic) bond motifs is 1. The Labute approximate surface area is 134 Å². The van der Waals surface area contributed by atoms with Crippen molar-refractivity contribution in [2.45, 2.75) is 12.8 Å². The number of amides is 1. The number of hydrogen-bond acceptors (Lipinski definition) is 3. The minimum atomic E-state index is -0.965. The van der Waals surface area contributed by atoms with E-state index in [2.05, 4.69) is 21.3 Å². The zero-order valence-electron chi connectivity index (χ0n) is 12.9. The van der Waals surface area contributed by atoms with Crippen LogP contribution in [-0.2, 0) is 6.42 Å². The van der Waals surface area contributed by atoms with Gasteiger partial charge in [0, 0.05) is 36.7 Å². The molecule has 1 aliphatic heterocycles. The molecule has 0 radical (unpaired) electrons. The van der Waals surface area contributed by atoms with Gasteiger partial charge in [-0.2, -0.15) is 5.26 Å². The number of nitriles is 1. The van der Waals surface area contributed by atoms with Crippen LogP contribution in [0.5, 0.6) is 0 Å². The van der Waals surface area contributed by atoms with Crippen molar-refractivity contribution >= 4 is 17.0 Å². The second-order valence-electron chi connectivity index (χ2n) is 6.08. The van der Waals surface area contributed by atoms with Crippen LogP contribution in [0.15, 0.2) is 24.4 Å². The van der Waals surface area contributed by atoms with Gasteiger partial charge < -0.3 is 20.3 Å². The molecule has 6 heteroatoms. The van der Waals surface area contributed by atoms with Crippen molar-refractivity contribution in [2.24, 2.45) is 5.92 Å². The normalized spacial score (nSPS) is 18.1. The Bertz CT molecular complexity index is 747. The summed E-state index contributed by atoms with van der Waals surface area (Å²) in [7, 11) is 0. The van der Waals surface area contributed by atoms with Crippen LogP contribution in [0.4, 0.5) is 4.79 Å². The Morgan fingerprint density at radius 1 is 1.52 bits per heavy atom. The predicted molar refractivity (Wildman–Crippen MR) is 87.3 cm³/mol. The van der Waals surface area contributed by atoms with Gasteiger partial charge in [-0.25, -0.2) is 4.79 Å². The summed E-state index contributed by atoms with van der Waals surface area (Å²) in [5.41, 5.74) is 3.01. The summed E-state index contributed by atoms with van der Waals surface area (Å²) in [6.45, 7) is 3.24. The van der Waals surface area contributed by atoms with Crippen LogP contribution in [0.1, 0.15) is 17.5 Å². The van der Waals surface area contributed by atoms with Gasteiger partial charge in [-0.1, -0.05) is 0 Å². The summed E-state index contributed by atoms with van der Waals surface area (Å²) in [4.78, 5) is 16.0. The molecule has 120 valence electrons. The van der Waals surface area contributed by atoms with E-state index in [0.29, 0.717) is 18.0 Å². The van der Waals surface area contributed by atoms with E-state index in [1.54, 1.807) is 0 Å². The molecule has 1 aromatic heterocycles. The highest BCUT2D eigenvalue weighted by Crippen LogP contribution is 2.26. The highest BCUT2D eigenvalue weighted by Gasteiger charge is 2.23. The molecule has 0 saturated carbocycles. The van der Waals surface area contributed by atoms with Gasteiger partial charge in [-0.3, -0.25) is 0 Å². The topological polar surface area (TPSA) is 92.2 Å².